The van der Waals surface area contributed by atoms with E-state index in [4.69, 9.17) is 0 Å². The number of nitrogens with one attached hydrogen (secondary N) is 2. The van der Waals surface area contributed by atoms with E-state index < -0.39 is 0 Å². The highest BCUT2D eigenvalue weighted by Crippen LogP contribution is 1.91. The Hall–Kier alpha value is -0.650. The first-order valence-electron chi connectivity index (χ1n) is 6.03. The lowest BCUT2D eigenvalue weighted by atomic mass is 10.3. The van der Waals surface area contributed by atoms with E-state index in [0.29, 0.717) is 6.54 Å². The summed E-state index contributed by atoms with van der Waals surface area (Å²) in [5.41, 5.74) is 0. The second-order valence-corrected chi connectivity index (χ2v) is 4.53. The molecule has 0 spiro atoms. The summed E-state index contributed by atoms with van der Waals surface area (Å²) in [7, 11) is 4.09. The van der Waals surface area contributed by atoms with Crippen LogP contribution >= 0.6 is 0 Å². The van der Waals surface area contributed by atoms with E-state index in [9.17, 15) is 4.79 Å². The number of carbonyl (C=O) groups is 1. The minimum atomic E-state index is 0.153. The minimum absolute atomic E-state index is 0.153. The third-order valence-electron chi connectivity index (χ3n) is 2.68. The molecular formula is C11H24N4O. The van der Waals surface area contributed by atoms with E-state index in [0.717, 1.165) is 45.7 Å². The number of hydrogen-bond donors (Lipinski definition) is 2. The lowest BCUT2D eigenvalue weighted by Crippen LogP contribution is -2.47. The maximum atomic E-state index is 11.6. The van der Waals surface area contributed by atoms with Crippen LogP contribution in [0.3, 0.4) is 0 Å². The molecule has 1 amide bonds. The lowest BCUT2D eigenvalue weighted by Gasteiger charge is -2.26. The van der Waals surface area contributed by atoms with E-state index >= 15 is 0 Å². The highest BCUT2D eigenvalue weighted by Gasteiger charge is 2.12. The largest absolute Gasteiger partial charge is 0.355 e. The zero-order valence-electron chi connectivity index (χ0n) is 10.5. The summed E-state index contributed by atoms with van der Waals surface area (Å²) in [5.74, 6) is 0.153. The molecule has 16 heavy (non-hydrogen) atoms. The first kappa shape index (κ1) is 13.4. The standard InChI is InChI=1S/C11H24N4O/c1-14(2)7-3-4-13-11(16)10-15-8-5-12-6-9-15/h12H,3-10H2,1-2H3,(H,13,16). The van der Waals surface area contributed by atoms with Gasteiger partial charge < -0.3 is 15.5 Å². The Morgan fingerprint density at radius 1 is 1.38 bits per heavy atom. The molecule has 0 radical (unpaired) electrons. The zero-order valence-corrected chi connectivity index (χ0v) is 10.5. The van der Waals surface area contributed by atoms with Crippen molar-refractivity contribution in [3.8, 4) is 0 Å². The number of hydrogen-bond acceptors (Lipinski definition) is 4. The van der Waals surface area contributed by atoms with Crippen molar-refractivity contribution in [2.24, 2.45) is 0 Å². The average molecular weight is 228 g/mol. The number of carbonyl (C=O) groups excluding carboxylic acids is 1. The van der Waals surface area contributed by atoms with E-state index in [1.165, 1.54) is 0 Å². The van der Waals surface area contributed by atoms with Crippen LogP contribution in [-0.2, 0) is 4.79 Å². The van der Waals surface area contributed by atoms with E-state index in [-0.39, 0.29) is 5.91 Å². The normalized spacial score (nSPS) is 17.7. The maximum Gasteiger partial charge on any atom is 0.234 e. The number of piperazine rings is 1. The van der Waals surface area contributed by atoms with E-state index in [1.807, 2.05) is 14.1 Å². The Morgan fingerprint density at radius 3 is 2.69 bits per heavy atom. The van der Waals surface area contributed by atoms with Gasteiger partial charge in [0.2, 0.25) is 5.91 Å². The van der Waals surface area contributed by atoms with Crippen LogP contribution in [-0.4, -0.2) is 75.6 Å². The fraction of sp³-hybridized carbons (Fsp3) is 0.909. The van der Waals surface area contributed by atoms with Crippen LogP contribution in [0.15, 0.2) is 0 Å². The van der Waals surface area contributed by atoms with Gasteiger partial charge in [0.15, 0.2) is 0 Å². The van der Waals surface area contributed by atoms with Crippen LogP contribution in [0, 0.1) is 0 Å². The molecule has 0 atom stereocenters. The van der Waals surface area contributed by atoms with Gasteiger partial charge in [-0.05, 0) is 27.1 Å². The monoisotopic (exact) mass is 228 g/mol. The molecule has 1 aliphatic heterocycles. The molecule has 94 valence electrons. The topological polar surface area (TPSA) is 47.6 Å². The molecule has 0 unspecified atom stereocenters. The third-order valence-corrected chi connectivity index (χ3v) is 2.68. The molecule has 0 aliphatic carbocycles. The van der Waals surface area contributed by atoms with Crippen molar-refractivity contribution >= 4 is 5.91 Å². The second-order valence-electron chi connectivity index (χ2n) is 4.53. The van der Waals surface area contributed by atoms with Crippen molar-refractivity contribution in [1.29, 1.82) is 0 Å². The predicted molar refractivity (Wildman–Crippen MR) is 65.5 cm³/mol. The summed E-state index contributed by atoms with van der Waals surface area (Å²) in [4.78, 5) is 15.9. The maximum absolute atomic E-state index is 11.6. The van der Waals surface area contributed by atoms with Crippen molar-refractivity contribution in [1.82, 2.24) is 20.4 Å². The quantitative estimate of drug-likeness (QED) is 0.570. The van der Waals surface area contributed by atoms with Crippen LogP contribution < -0.4 is 10.6 Å². The highest BCUT2D eigenvalue weighted by atomic mass is 16.2. The second kappa shape index (κ2) is 7.60. The fourth-order valence-corrected chi connectivity index (χ4v) is 1.75. The molecule has 0 aromatic heterocycles. The summed E-state index contributed by atoms with van der Waals surface area (Å²) in [6.07, 6.45) is 1.01. The van der Waals surface area contributed by atoms with E-state index in [2.05, 4.69) is 20.4 Å². The zero-order chi connectivity index (χ0) is 11.8. The minimum Gasteiger partial charge on any atom is -0.355 e. The molecule has 2 N–H and O–H groups in total. The van der Waals surface area contributed by atoms with Gasteiger partial charge in [-0.25, -0.2) is 0 Å². The number of nitrogens with zero attached hydrogens (tertiary/aromatic N) is 2. The molecule has 5 heteroatoms. The smallest absolute Gasteiger partial charge is 0.234 e. The van der Waals surface area contributed by atoms with Gasteiger partial charge >= 0.3 is 0 Å². The summed E-state index contributed by atoms with van der Waals surface area (Å²) in [6.45, 7) is 6.29. The Morgan fingerprint density at radius 2 is 2.06 bits per heavy atom. The summed E-state index contributed by atoms with van der Waals surface area (Å²) < 4.78 is 0. The molecule has 0 bridgehead atoms. The summed E-state index contributed by atoms with van der Waals surface area (Å²) >= 11 is 0. The Labute approximate surface area is 98.2 Å². The molecule has 1 saturated heterocycles. The molecular weight excluding hydrogens is 204 g/mol. The Kier molecular flexibility index (Phi) is 6.37. The average Bonchev–Trinajstić information content (AvgIpc) is 2.25. The molecule has 1 aliphatic rings. The van der Waals surface area contributed by atoms with Gasteiger partial charge in [-0.15, -0.1) is 0 Å². The highest BCUT2D eigenvalue weighted by molar-refractivity contribution is 5.77. The van der Waals surface area contributed by atoms with Gasteiger partial charge in [-0.3, -0.25) is 9.69 Å². The molecule has 1 fully saturated rings. The SMILES string of the molecule is CN(C)CCCNC(=O)CN1CCNCC1. The van der Waals surface area contributed by atoms with E-state index in [1.54, 1.807) is 0 Å². The predicted octanol–water partition coefficient (Wildman–Crippen LogP) is -1.04. The van der Waals surface area contributed by atoms with Gasteiger partial charge in [-0.1, -0.05) is 0 Å². The van der Waals surface area contributed by atoms with Gasteiger partial charge in [0.1, 0.15) is 0 Å². The third kappa shape index (κ3) is 6.05. The van der Waals surface area contributed by atoms with Crippen molar-refractivity contribution < 1.29 is 4.79 Å². The summed E-state index contributed by atoms with van der Waals surface area (Å²) in [6, 6.07) is 0. The van der Waals surface area contributed by atoms with Crippen molar-refractivity contribution in [2.45, 2.75) is 6.42 Å². The molecule has 0 saturated carbocycles. The van der Waals surface area contributed by atoms with Crippen molar-refractivity contribution in [3.63, 3.8) is 0 Å². The van der Waals surface area contributed by atoms with Crippen molar-refractivity contribution in [3.05, 3.63) is 0 Å². The fourth-order valence-electron chi connectivity index (χ4n) is 1.75. The Bertz CT molecular complexity index is 202. The first-order chi connectivity index (χ1) is 7.68. The molecule has 1 heterocycles. The van der Waals surface area contributed by atoms with Gasteiger partial charge in [0.05, 0.1) is 6.54 Å². The molecule has 1 rings (SSSR count). The van der Waals surface area contributed by atoms with Crippen LogP contribution in [0.4, 0.5) is 0 Å². The molecule has 0 aromatic carbocycles. The van der Waals surface area contributed by atoms with Gasteiger partial charge in [-0.2, -0.15) is 0 Å². The van der Waals surface area contributed by atoms with Crippen LogP contribution in [0.2, 0.25) is 0 Å². The Balaban J connectivity index is 2.01. The van der Waals surface area contributed by atoms with Crippen LogP contribution in [0.1, 0.15) is 6.42 Å². The summed E-state index contributed by atoms with van der Waals surface area (Å²) in [5, 5.41) is 6.23. The molecule has 5 nitrogen and oxygen atoms in total. The van der Waals surface area contributed by atoms with Crippen molar-refractivity contribution in [2.75, 3.05) is 59.9 Å². The first-order valence-corrected chi connectivity index (χ1v) is 6.03. The number of amides is 1. The number of rotatable bonds is 6. The lowest BCUT2D eigenvalue weighted by molar-refractivity contribution is -0.122. The van der Waals surface area contributed by atoms with Gasteiger partial charge in [0.25, 0.3) is 0 Å². The van der Waals surface area contributed by atoms with Gasteiger partial charge in [0, 0.05) is 32.7 Å². The molecule has 0 aromatic rings. The van der Waals surface area contributed by atoms with Crippen LogP contribution in [0.5, 0.6) is 0 Å². The van der Waals surface area contributed by atoms with Crippen LogP contribution in [0.25, 0.3) is 0 Å².